The van der Waals surface area contributed by atoms with Gasteiger partial charge in [-0.05, 0) is 74.6 Å². The topological polar surface area (TPSA) is 69.7 Å². The highest BCUT2D eigenvalue weighted by molar-refractivity contribution is 6.53. The molecular weight excluding hydrogens is 461 g/mol. The third-order valence-electron chi connectivity index (χ3n) is 6.20. The molecule has 0 aliphatic carbocycles. The van der Waals surface area contributed by atoms with Gasteiger partial charge in [0.2, 0.25) is 0 Å². The maximum absolute atomic E-state index is 13.0. The third-order valence-corrected chi connectivity index (χ3v) is 6.79. The molecule has 1 atom stereocenters. The molecule has 0 radical (unpaired) electrons. The van der Waals surface area contributed by atoms with Crippen LogP contribution in [0.1, 0.15) is 48.5 Å². The van der Waals surface area contributed by atoms with E-state index in [2.05, 4.69) is 12.2 Å². The first-order chi connectivity index (χ1) is 15.8. The number of anilines is 2. The van der Waals surface area contributed by atoms with Gasteiger partial charge in [0, 0.05) is 28.9 Å². The minimum atomic E-state index is -0.614. The number of aryl methyl sites for hydroxylation is 1. The average Bonchev–Trinajstić information content (AvgIpc) is 3.03. The molecule has 2 heterocycles. The molecule has 0 spiro atoms. The average molecular weight is 486 g/mol. The lowest BCUT2D eigenvalue weighted by Crippen LogP contribution is -2.43. The van der Waals surface area contributed by atoms with Crippen molar-refractivity contribution in [2.24, 2.45) is 0 Å². The van der Waals surface area contributed by atoms with Gasteiger partial charge in [-0.2, -0.15) is 0 Å². The first kappa shape index (κ1) is 23.3. The number of hydrogen-bond acceptors (Lipinski definition) is 4. The number of likely N-dealkylation sites (tertiary alicyclic amines) is 1. The van der Waals surface area contributed by atoms with Crippen molar-refractivity contribution in [1.29, 1.82) is 0 Å². The summed E-state index contributed by atoms with van der Waals surface area (Å²) in [5, 5.41) is 3.16. The summed E-state index contributed by atoms with van der Waals surface area (Å²) in [4.78, 5) is 41.7. The van der Waals surface area contributed by atoms with E-state index >= 15 is 0 Å². The van der Waals surface area contributed by atoms with Crippen LogP contribution in [0.15, 0.2) is 53.2 Å². The molecule has 0 saturated carbocycles. The second-order valence-corrected chi connectivity index (χ2v) is 9.14. The minimum Gasteiger partial charge on any atom is -0.350 e. The number of halogens is 2. The van der Waals surface area contributed by atoms with E-state index in [-0.39, 0.29) is 22.7 Å². The Morgan fingerprint density at radius 1 is 1.06 bits per heavy atom. The fourth-order valence-corrected chi connectivity index (χ4v) is 4.73. The SMILES string of the molecule is CCC1CCCCN1C(=O)c1ccc(NC2=C(Cl)C(=O)N(c3cc(Cl)ccc3C)C2=O)cc1. The molecule has 0 bridgehead atoms. The summed E-state index contributed by atoms with van der Waals surface area (Å²) in [6.07, 6.45) is 4.15. The van der Waals surface area contributed by atoms with E-state index in [0.29, 0.717) is 22.0 Å². The molecule has 2 aliphatic heterocycles. The lowest BCUT2D eigenvalue weighted by molar-refractivity contribution is -0.120. The van der Waals surface area contributed by atoms with Crippen LogP contribution in [0.25, 0.3) is 0 Å². The molecular formula is C25H25Cl2N3O3. The van der Waals surface area contributed by atoms with Crippen molar-refractivity contribution in [3.05, 3.63) is 69.3 Å². The van der Waals surface area contributed by atoms with Crippen molar-refractivity contribution in [3.8, 4) is 0 Å². The van der Waals surface area contributed by atoms with Crippen molar-refractivity contribution in [2.75, 3.05) is 16.8 Å². The van der Waals surface area contributed by atoms with Crippen molar-refractivity contribution in [3.63, 3.8) is 0 Å². The largest absolute Gasteiger partial charge is 0.350 e. The molecule has 8 heteroatoms. The first-order valence-electron chi connectivity index (χ1n) is 11.0. The maximum atomic E-state index is 13.0. The van der Waals surface area contributed by atoms with Gasteiger partial charge in [-0.15, -0.1) is 0 Å². The van der Waals surface area contributed by atoms with Gasteiger partial charge in [0.15, 0.2) is 0 Å². The molecule has 172 valence electrons. The minimum absolute atomic E-state index is 0.0119. The zero-order chi connectivity index (χ0) is 23.7. The third kappa shape index (κ3) is 4.50. The van der Waals surface area contributed by atoms with Gasteiger partial charge in [0.05, 0.1) is 5.69 Å². The van der Waals surface area contributed by atoms with Gasteiger partial charge in [0.1, 0.15) is 10.7 Å². The van der Waals surface area contributed by atoms with E-state index in [1.54, 1.807) is 49.4 Å². The molecule has 1 unspecified atom stereocenters. The van der Waals surface area contributed by atoms with E-state index in [1.165, 1.54) is 0 Å². The second-order valence-electron chi connectivity index (χ2n) is 8.32. The van der Waals surface area contributed by atoms with Crippen molar-refractivity contribution >= 4 is 52.3 Å². The summed E-state index contributed by atoms with van der Waals surface area (Å²) in [6, 6.07) is 12.1. The van der Waals surface area contributed by atoms with Gasteiger partial charge < -0.3 is 10.2 Å². The van der Waals surface area contributed by atoms with Gasteiger partial charge in [-0.25, -0.2) is 4.90 Å². The Morgan fingerprint density at radius 2 is 1.79 bits per heavy atom. The van der Waals surface area contributed by atoms with Crippen LogP contribution in [-0.4, -0.2) is 35.2 Å². The van der Waals surface area contributed by atoms with Crippen molar-refractivity contribution in [2.45, 2.75) is 45.6 Å². The Kier molecular flexibility index (Phi) is 6.77. The summed E-state index contributed by atoms with van der Waals surface area (Å²) >= 11 is 12.3. The molecule has 6 nitrogen and oxygen atoms in total. The van der Waals surface area contributed by atoms with E-state index in [0.717, 1.165) is 42.7 Å². The zero-order valence-electron chi connectivity index (χ0n) is 18.5. The lowest BCUT2D eigenvalue weighted by Gasteiger charge is -2.35. The van der Waals surface area contributed by atoms with E-state index in [9.17, 15) is 14.4 Å². The summed E-state index contributed by atoms with van der Waals surface area (Å²) in [6.45, 7) is 4.66. The van der Waals surface area contributed by atoms with Gasteiger partial charge in [-0.3, -0.25) is 14.4 Å². The fourth-order valence-electron chi connectivity index (χ4n) is 4.35. The van der Waals surface area contributed by atoms with E-state index in [1.807, 2.05) is 4.90 Å². The maximum Gasteiger partial charge on any atom is 0.283 e. The Balaban J connectivity index is 1.52. The van der Waals surface area contributed by atoms with Crippen LogP contribution >= 0.6 is 23.2 Å². The molecule has 1 saturated heterocycles. The van der Waals surface area contributed by atoms with Gasteiger partial charge >= 0.3 is 0 Å². The standard InChI is InChI=1S/C25H25Cl2N3O3/c1-3-19-6-4-5-13-29(19)23(31)16-8-11-18(12-9-16)28-22-21(27)24(32)30(25(22)33)20-14-17(26)10-7-15(20)2/h7-12,14,19,28H,3-6,13H2,1-2H3. The number of nitrogens with zero attached hydrogens (tertiary/aromatic N) is 2. The normalized spacial score (nSPS) is 18.8. The number of piperidine rings is 1. The number of nitrogens with one attached hydrogen (secondary N) is 1. The number of hydrogen-bond donors (Lipinski definition) is 1. The highest BCUT2D eigenvalue weighted by Crippen LogP contribution is 2.33. The summed E-state index contributed by atoms with van der Waals surface area (Å²) in [5.74, 6) is -1.16. The highest BCUT2D eigenvalue weighted by atomic mass is 35.5. The first-order valence-corrected chi connectivity index (χ1v) is 11.8. The summed E-state index contributed by atoms with van der Waals surface area (Å²) in [5.41, 5.74) is 2.24. The Bertz CT molecular complexity index is 1140. The number of carbonyl (C=O) groups is 3. The van der Waals surface area contributed by atoms with Gasteiger partial charge in [0.25, 0.3) is 17.7 Å². The van der Waals surface area contributed by atoms with Crippen LogP contribution in [0.4, 0.5) is 11.4 Å². The number of imide groups is 1. The number of rotatable bonds is 5. The summed E-state index contributed by atoms with van der Waals surface area (Å²) < 4.78 is 0. The van der Waals surface area contributed by atoms with Crippen LogP contribution in [-0.2, 0) is 9.59 Å². The molecule has 1 N–H and O–H groups in total. The predicted molar refractivity (Wildman–Crippen MR) is 131 cm³/mol. The molecule has 3 amide bonds. The summed E-state index contributed by atoms with van der Waals surface area (Å²) in [7, 11) is 0. The molecule has 1 fully saturated rings. The van der Waals surface area contributed by atoms with E-state index in [4.69, 9.17) is 23.2 Å². The molecule has 0 aromatic heterocycles. The molecule has 4 rings (SSSR count). The fraction of sp³-hybridized carbons (Fsp3) is 0.320. The Hall–Kier alpha value is -2.83. The monoisotopic (exact) mass is 485 g/mol. The molecule has 2 aromatic carbocycles. The highest BCUT2D eigenvalue weighted by Gasteiger charge is 2.39. The number of benzene rings is 2. The molecule has 33 heavy (non-hydrogen) atoms. The molecule has 2 aliphatic rings. The Morgan fingerprint density at radius 3 is 2.48 bits per heavy atom. The number of amides is 3. The predicted octanol–water partition coefficient (Wildman–Crippen LogP) is 5.49. The smallest absolute Gasteiger partial charge is 0.283 e. The lowest BCUT2D eigenvalue weighted by atomic mass is 9.99. The number of carbonyl (C=O) groups excluding carboxylic acids is 3. The quantitative estimate of drug-likeness (QED) is 0.568. The van der Waals surface area contributed by atoms with Crippen LogP contribution in [0.3, 0.4) is 0 Å². The van der Waals surface area contributed by atoms with Crippen LogP contribution in [0.2, 0.25) is 5.02 Å². The van der Waals surface area contributed by atoms with Gasteiger partial charge in [-0.1, -0.05) is 36.2 Å². The van der Waals surface area contributed by atoms with Crippen LogP contribution in [0, 0.1) is 6.92 Å². The molecule has 2 aromatic rings. The second kappa shape index (κ2) is 9.57. The van der Waals surface area contributed by atoms with Crippen LogP contribution < -0.4 is 10.2 Å². The van der Waals surface area contributed by atoms with Crippen LogP contribution in [0.5, 0.6) is 0 Å². The van der Waals surface area contributed by atoms with Crippen molar-refractivity contribution in [1.82, 2.24) is 4.90 Å². The van der Waals surface area contributed by atoms with E-state index < -0.39 is 11.8 Å². The Labute approximate surface area is 203 Å². The zero-order valence-corrected chi connectivity index (χ0v) is 20.0. The van der Waals surface area contributed by atoms with Crippen molar-refractivity contribution < 1.29 is 14.4 Å².